The van der Waals surface area contributed by atoms with Gasteiger partial charge in [-0.25, -0.2) is 18.9 Å². The van der Waals surface area contributed by atoms with Crippen molar-refractivity contribution in [1.82, 2.24) is 14.8 Å². The molecule has 4 rings (SSSR count). The van der Waals surface area contributed by atoms with Gasteiger partial charge in [-0.05, 0) is 29.8 Å². The summed E-state index contributed by atoms with van der Waals surface area (Å²) in [6.07, 6.45) is 1.19. The Balaban J connectivity index is 1.88. The smallest absolute Gasteiger partial charge is 0.339 e. The predicted molar refractivity (Wildman–Crippen MR) is 102 cm³/mol. The van der Waals surface area contributed by atoms with Gasteiger partial charge in [0.05, 0.1) is 0 Å². The van der Waals surface area contributed by atoms with Crippen molar-refractivity contribution in [3.63, 3.8) is 0 Å². The van der Waals surface area contributed by atoms with Gasteiger partial charge >= 0.3 is 5.97 Å². The zero-order valence-corrected chi connectivity index (χ0v) is 15.5. The summed E-state index contributed by atoms with van der Waals surface area (Å²) in [5.41, 5.74) is -0.831. The number of carboxylic acid groups (broad SMARTS) is 1. The molecule has 0 bridgehead atoms. The van der Waals surface area contributed by atoms with Gasteiger partial charge in [0.15, 0.2) is 11.4 Å². The fourth-order valence-corrected chi connectivity index (χ4v) is 2.94. The molecule has 0 aliphatic carbocycles. The molecule has 0 atom stereocenters. The lowest BCUT2D eigenvalue weighted by molar-refractivity contribution is 0.0697. The minimum Gasteiger partial charge on any atom is -0.501 e. The number of ether oxygens (including phenoxy) is 1. The van der Waals surface area contributed by atoms with E-state index in [-0.39, 0.29) is 40.5 Å². The van der Waals surface area contributed by atoms with Crippen LogP contribution in [0.25, 0.3) is 22.6 Å². The lowest BCUT2D eigenvalue weighted by Gasteiger charge is -2.12. The molecule has 2 N–H and O–H groups in total. The Morgan fingerprint density at radius 1 is 1.23 bits per heavy atom. The van der Waals surface area contributed by atoms with E-state index in [1.54, 1.807) is 0 Å². The maximum atomic E-state index is 13.1. The maximum absolute atomic E-state index is 13.1. The van der Waals surface area contributed by atoms with Gasteiger partial charge in [-0.1, -0.05) is 12.1 Å². The van der Waals surface area contributed by atoms with E-state index in [0.29, 0.717) is 5.56 Å². The third-order valence-electron chi connectivity index (χ3n) is 4.43. The van der Waals surface area contributed by atoms with Gasteiger partial charge in [0, 0.05) is 7.05 Å². The van der Waals surface area contributed by atoms with Crippen LogP contribution in [0.4, 0.5) is 4.39 Å². The molecule has 30 heavy (non-hydrogen) atoms. The summed E-state index contributed by atoms with van der Waals surface area (Å²) in [5.74, 6) is -2.76. The average molecular weight is 411 g/mol. The number of aromatic nitrogens is 3. The number of aromatic hydroxyl groups is 1. The molecule has 0 spiro atoms. The third kappa shape index (κ3) is 3.24. The Morgan fingerprint density at radius 3 is 2.60 bits per heavy atom. The normalized spacial score (nSPS) is 11.0. The molecule has 2 aromatic heterocycles. The molecule has 0 aliphatic rings. The SMILES string of the molecule is Cn1ncnc1-c1oc2c(C(=O)O)ccc(OCc3ccc(F)cc3)c2c(=O)c1O. The zero-order chi connectivity index (χ0) is 21.4. The Kier molecular flexibility index (Phi) is 4.66. The highest BCUT2D eigenvalue weighted by Crippen LogP contribution is 2.34. The molecule has 4 aromatic rings. The van der Waals surface area contributed by atoms with Crippen LogP contribution < -0.4 is 10.2 Å². The van der Waals surface area contributed by atoms with Crippen molar-refractivity contribution in [1.29, 1.82) is 0 Å². The highest BCUT2D eigenvalue weighted by molar-refractivity contribution is 6.03. The number of rotatable bonds is 5. The Bertz CT molecular complexity index is 1330. The third-order valence-corrected chi connectivity index (χ3v) is 4.43. The van der Waals surface area contributed by atoms with Crippen LogP contribution in [-0.4, -0.2) is 30.9 Å². The molecular formula is C20H14FN3O6. The lowest BCUT2D eigenvalue weighted by Crippen LogP contribution is -2.10. The van der Waals surface area contributed by atoms with E-state index in [1.165, 1.54) is 54.5 Å². The molecule has 152 valence electrons. The topological polar surface area (TPSA) is 128 Å². The average Bonchev–Trinajstić information content (AvgIpc) is 3.15. The Hall–Kier alpha value is -4.21. The van der Waals surface area contributed by atoms with Crippen LogP contribution in [0.5, 0.6) is 11.5 Å². The van der Waals surface area contributed by atoms with Gasteiger partial charge in [0.25, 0.3) is 0 Å². The predicted octanol–water partition coefficient (Wildman–Crippen LogP) is 2.71. The number of aryl methyl sites for hydroxylation is 1. The number of nitrogens with zero attached hydrogens (tertiary/aromatic N) is 3. The standard InChI is InChI=1S/C20H14FN3O6/c1-24-19(22-9-23-24)18-16(26)15(25)14-13(7-6-12(20(27)28)17(14)30-18)29-8-10-2-4-11(21)5-3-10/h2-7,9,26H,8H2,1H3,(H,27,28). The second-order valence-corrected chi connectivity index (χ2v) is 6.35. The minimum atomic E-state index is -1.33. The van der Waals surface area contributed by atoms with E-state index in [9.17, 15) is 24.2 Å². The van der Waals surface area contributed by atoms with E-state index < -0.39 is 23.0 Å². The number of aromatic carboxylic acids is 1. The molecule has 0 unspecified atom stereocenters. The molecule has 2 heterocycles. The van der Waals surface area contributed by atoms with Gasteiger partial charge in [-0.2, -0.15) is 5.10 Å². The zero-order valence-electron chi connectivity index (χ0n) is 15.5. The molecule has 10 heteroatoms. The molecule has 0 amide bonds. The van der Waals surface area contributed by atoms with Gasteiger partial charge in [0.2, 0.25) is 16.9 Å². The maximum Gasteiger partial charge on any atom is 0.339 e. The molecule has 2 aromatic carbocycles. The summed E-state index contributed by atoms with van der Waals surface area (Å²) in [6.45, 7) is -0.0208. The summed E-state index contributed by atoms with van der Waals surface area (Å²) in [7, 11) is 1.52. The summed E-state index contributed by atoms with van der Waals surface area (Å²) in [4.78, 5) is 28.5. The van der Waals surface area contributed by atoms with Gasteiger partial charge in [-0.3, -0.25) is 4.79 Å². The van der Waals surface area contributed by atoms with E-state index in [4.69, 9.17) is 9.15 Å². The second kappa shape index (κ2) is 7.32. The lowest BCUT2D eigenvalue weighted by atomic mass is 10.1. The fraction of sp³-hybridized carbons (Fsp3) is 0.100. The van der Waals surface area contributed by atoms with Crippen molar-refractivity contribution in [2.75, 3.05) is 0 Å². The van der Waals surface area contributed by atoms with Gasteiger partial charge < -0.3 is 19.4 Å². The summed E-state index contributed by atoms with van der Waals surface area (Å²) < 4.78 is 25.6. The van der Waals surface area contributed by atoms with Crippen molar-refractivity contribution in [3.8, 4) is 23.1 Å². The second-order valence-electron chi connectivity index (χ2n) is 6.35. The van der Waals surface area contributed by atoms with Crippen LogP contribution in [0.15, 0.2) is 51.9 Å². The molecule has 9 nitrogen and oxygen atoms in total. The number of carboxylic acids is 1. The molecule has 0 radical (unpaired) electrons. The number of hydrogen-bond donors (Lipinski definition) is 2. The monoisotopic (exact) mass is 411 g/mol. The number of benzene rings is 2. The Morgan fingerprint density at radius 2 is 1.97 bits per heavy atom. The number of halogens is 1. The number of fused-ring (bicyclic) bond motifs is 1. The number of hydrogen-bond acceptors (Lipinski definition) is 7. The molecule has 0 saturated carbocycles. The van der Waals surface area contributed by atoms with Crippen molar-refractivity contribution in [2.24, 2.45) is 7.05 Å². The van der Waals surface area contributed by atoms with E-state index in [2.05, 4.69) is 10.1 Å². The van der Waals surface area contributed by atoms with Crippen LogP contribution in [0.1, 0.15) is 15.9 Å². The van der Waals surface area contributed by atoms with Crippen molar-refractivity contribution in [2.45, 2.75) is 6.61 Å². The summed E-state index contributed by atoms with van der Waals surface area (Å²) in [6, 6.07) is 8.07. The van der Waals surface area contributed by atoms with Crippen LogP contribution in [0.2, 0.25) is 0 Å². The molecule has 0 fully saturated rings. The fourth-order valence-electron chi connectivity index (χ4n) is 2.94. The van der Waals surface area contributed by atoms with E-state index in [1.807, 2.05) is 0 Å². The quantitative estimate of drug-likeness (QED) is 0.513. The first-order valence-corrected chi connectivity index (χ1v) is 8.64. The summed E-state index contributed by atoms with van der Waals surface area (Å²) >= 11 is 0. The highest BCUT2D eigenvalue weighted by atomic mass is 19.1. The van der Waals surface area contributed by atoms with Crippen LogP contribution in [0, 0.1) is 5.82 Å². The van der Waals surface area contributed by atoms with Gasteiger partial charge in [0.1, 0.15) is 35.5 Å². The van der Waals surface area contributed by atoms with Crippen LogP contribution >= 0.6 is 0 Å². The van der Waals surface area contributed by atoms with Crippen LogP contribution in [-0.2, 0) is 13.7 Å². The first-order valence-electron chi connectivity index (χ1n) is 8.64. The van der Waals surface area contributed by atoms with Gasteiger partial charge in [-0.15, -0.1) is 0 Å². The Labute approximate surface area is 167 Å². The first kappa shape index (κ1) is 19.1. The number of carbonyl (C=O) groups is 1. The van der Waals surface area contributed by atoms with Crippen molar-refractivity contribution in [3.05, 3.63) is 69.9 Å². The summed E-state index contributed by atoms with van der Waals surface area (Å²) in [5, 5.41) is 23.6. The van der Waals surface area contributed by atoms with Crippen molar-refractivity contribution < 1.29 is 28.6 Å². The largest absolute Gasteiger partial charge is 0.501 e. The minimum absolute atomic E-state index is 0.00731. The van der Waals surface area contributed by atoms with E-state index in [0.717, 1.165) is 0 Å². The van der Waals surface area contributed by atoms with Crippen LogP contribution in [0.3, 0.4) is 0 Å². The van der Waals surface area contributed by atoms with Crippen molar-refractivity contribution >= 4 is 16.9 Å². The molecule has 0 saturated heterocycles. The highest BCUT2D eigenvalue weighted by Gasteiger charge is 2.25. The van der Waals surface area contributed by atoms with E-state index >= 15 is 0 Å². The molecular weight excluding hydrogens is 397 g/mol. The first-order chi connectivity index (χ1) is 14.4. The molecule has 0 aliphatic heterocycles.